The molecule has 0 aromatic heterocycles. The van der Waals surface area contributed by atoms with Crippen molar-refractivity contribution < 1.29 is 44.8 Å². The van der Waals surface area contributed by atoms with Gasteiger partial charge < -0.3 is 21.1 Å². The van der Waals surface area contributed by atoms with E-state index in [1.165, 1.54) is 5.56 Å². The summed E-state index contributed by atoms with van der Waals surface area (Å²) >= 11 is 0. The van der Waals surface area contributed by atoms with Crippen LogP contribution in [-0.4, -0.2) is 52.4 Å². The summed E-state index contributed by atoms with van der Waals surface area (Å²) in [7, 11) is 0. The van der Waals surface area contributed by atoms with E-state index in [0.717, 1.165) is 29.9 Å². The van der Waals surface area contributed by atoms with E-state index >= 15 is 0 Å². The third-order valence-electron chi connectivity index (χ3n) is 3.84. The monoisotopic (exact) mass is 440 g/mol. The molecule has 0 fully saturated rings. The fourth-order valence-electron chi connectivity index (χ4n) is 2.55. The predicted molar refractivity (Wildman–Crippen MR) is 127 cm³/mol. The van der Waals surface area contributed by atoms with Gasteiger partial charge in [0.05, 0.1) is 12.2 Å². The van der Waals surface area contributed by atoms with Crippen molar-refractivity contribution in [3.63, 3.8) is 0 Å². The molecule has 0 saturated carbocycles. The minimum Gasteiger partial charge on any atom is -1.00 e. The Hall–Kier alpha value is -1.40. The summed E-state index contributed by atoms with van der Waals surface area (Å²) in [5.74, 6) is 0.967. The van der Waals surface area contributed by atoms with Crippen LogP contribution in [0.25, 0.3) is 0 Å². The number of aliphatic hydroxyl groups excluding tert-OH is 1. The summed E-state index contributed by atoms with van der Waals surface area (Å²) in [6, 6.07) is 15.6. The zero-order valence-corrected chi connectivity index (χ0v) is 18.9. The van der Waals surface area contributed by atoms with Gasteiger partial charge in [-0.3, -0.25) is 4.79 Å². The average Bonchev–Trinajstić information content (AvgIpc) is 2.66. The second kappa shape index (κ2) is 18.2. The number of hydrogen-bond donors (Lipinski definition) is 2. The van der Waals surface area contributed by atoms with Crippen LogP contribution in [0.2, 0.25) is 0 Å². The summed E-state index contributed by atoms with van der Waals surface area (Å²) in [6.07, 6.45) is 2.87. The Labute approximate surface area is 211 Å². The number of hydrogen-bond acceptors (Lipinski definition) is 4. The van der Waals surface area contributed by atoms with E-state index in [2.05, 4.69) is 0 Å². The molecule has 7 heteroatoms. The minimum absolute atomic E-state index is 0. The molecule has 5 nitrogen and oxygen atoms in total. The van der Waals surface area contributed by atoms with Crippen LogP contribution in [0.15, 0.2) is 48.5 Å². The van der Waals surface area contributed by atoms with Gasteiger partial charge in [0.25, 0.3) is 0 Å². The van der Waals surface area contributed by atoms with Crippen molar-refractivity contribution in [2.75, 3.05) is 6.61 Å². The SMILES string of the molecule is CC(C)Oc1ccc(CCC(=O)O)cc1.CC(C)Oc1ccc(CCCO)cc1.[AlH3].[H-].[Li+]. The number of aliphatic hydroxyl groups is 1. The first-order chi connectivity index (χ1) is 13.8. The largest absolute Gasteiger partial charge is 1.00 e. The van der Waals surface area contributed by atoms with Crippen molar-refractivity contribution in [1.29, 1.82) is 0 Å². The van der Waals surface area contributed by atoms with E-state index < -0.39 is 5.97 Å². The molecular weight excluding hydrogens is 402 g/mol. The summed E-state index contributed by atoms with van der Waals surface area (Å²) in [5, 5.41) is 17.2. The number of rotatable bonds is 10. The molecule has 168 valence electrons. The molecule has 0 aliphatic rings. The summed E-state index contributed by atoms with van der Waals surface area (Å²) in [4.78, 5) is 10.4. The van der Waals surface area contributed by atoms with E-state index in [4.69, 9.17) is 19.7 Å². The number of carboxylic acid groups (broad SMARTS) is 1. The number of ether oxygens (including phenoxy) is 2. The van der Waals surface area contributed by atoms with Gasteiger partial charge in [-0.05, 0) is 82.3 Å². The molecule has 0 aliphatic carbocycles. The first-order valence-corrected chi connectivity index (χ1v) is 10.1. The molecule has 2 aromatic rings. The summed E-state index contributed by atoms with van der Waals surface area (Å²) < 4.78 is 11.0. The molecule has 0 bridgehead atoms. The maximum atomic E-state index is 10.4. The van der Waals surface area contributed by atoms with E-state index in [-0.39, 0.29) is 62.9 Å². The van der Waals surface area contributed by atoms with Crippen molar-refractivity contribution in [3.8, 4) is 11.5 Å². The molecule has 0 spiro atoms. The van der Waals surface area contributed by atoms with Gasteiger partial charge in [0, 0.05) is 13.0 Å². The van der Waals surface area contributed by atoms with Gasteiger partial charge in [-0.2, -0.15) is 0 Å². The number of carbonyl (C=O) groups is 1. The Bertz CT molecular complexity index is 709. The third-order valence-corrected chi connectivity index (χ3v) is 3.84. The predicted octanol–water partition coefficient (Wildman–Crippen LogP) is 0.822. The Balaban J connectivity index is -0.000000481. The first kappa shape index (κ1) is 31.8. The smallest absolute Gasteiger partial charge is 1.00 e. The molecule has 0 saturated heterocycles. The van der Waals surface area contributed by atoms with E-state index in [9.17, 15) is 4.79 Å². The summed E-state index contributed by atoms with van der Waals surface area (Å²) in [5.41, 5.74) is 2.27. The Morgan fingerprint density at radius 3 is 1.55 bits per heavy atom. The number of benzene rings is 2. The van der Waals surface area contributed by atoms with Gasteiger partial charge in [0.1, 0.15) is 11.5 Å². The van der Waals surface area contributed by atoms with Gasteiger partial charge in [-0.15, -0.1) is 0 Å². The van der Waals surface area contributed by atoms with Crippen LogP contribution in [0.3, 0.4) is 0 Å². The first-order valence-electron chi connectivity index (χ1n) is 10.1. The summed E-state index contributed by atoms with van der Waals surface area (Å²) in [6.45, 7) is 8.22. The van der Waals surface area contributed by atoms with Gasteiger partial charge in [0.2, 0.25) is 0 Å². The standard InChI is InChI=1S/C12H16O3.C12H18O2.Al.Li.4H/c1-9(2)15-11-6-3-10(4-7-11)5-8-12(13)14;1-10(2)14-12-7-5-11(6-8-12)4-3-9-13;;;;;;/h3-4,6-7,9H,5,8H2,1-2H3,(H,13,14);5-8,10,13H,3-4,9H2,1-2H3;;;;;;/q;;;+1;;;;-1. The van der Waals surface area contributed by atoms with Crippen molar-refractivity contribution in [1.82, 2.24) is 0 Å². The second-order valence-electron chi connectivity index (χ2n) is 7.34. The van der Waals surface area contributed by atoms with Crippen molar-refractivity contribution in [3.05, 3.63) is 59.7 Å². The van der Waals surface area contributed by atoms with Crippen LogP contribution in [0, 0.1) is 0 Å². The Kier molecular flexibility index (Phi) is 18.7. The van der Waals surface area contributed by atoms with Gasteiger partial charge in [-0.25, -0.2) is 0 Å². The van der Waals surface area contributed by atoms with Gasteiger partial charge in [-0.1, -0.05) is 24.3 Å². The molecule has 0 aliphatic heterocycles. The maximum absolute atomic E-state index is 10.4. The fourth-order valence-corrected chi connectivity index (χ4v) is 2.55. The van der Waals surface area contributed by atoms with Crippen molar-refractivity contribution >= 4 is 23.3 Å². The zero-order valence-electron chi connectivity index (χ0n) is 19.9. The molecule has 0 heterocycles. The second-order valence-corrected chi connectivity index (χ2v) is 7.34. The van der Waals surface area contributed by atoms with Gasteiger partial charge in [0.15, 0.2) is 17.4 Å². The van der Waals surface area contributed by atoms with Crippen molar-refractivity contribution in [2.24, 2.45) is 0 Å². The topological polar surface area (TPSA) is 76.0 Å². The van der Waals surface area contributed by atoms with Crippen LogP contribution in [0.5, 0.6) is 11.5 Å². The van der Waals surface area contributed by atoms with Crippen LogP contribution >= 0.6 is 0 Å². The minimum atomic E-state index is -0.766. The van der Waals surface area contributed by atoms with Crippen LogP contribution in [0.1, 0.15) is 53.1 Å². The molecule has 2 rings (SSSR count). The van der Waals surface area contributed by atoms with Crippen LogP contribution < -0.4 is 28.3 Å². The molecule has 2 aromatic carbocycles. The molecule has 0 atom stereocenters. The van der Waals surface area contributed by atoms with E-state index in [1.807, 2.05) is 76.2 Å². The van der Waals surface area contributed by atoms with Crippen LogP contribution in [-0.2, 0) is 17.6 Å². The molecule has 0 radical (unpaired) electrons. The Morgan fingerprint density at radius 1 is 0.839 bits per heavy atom. The van der Waals surface area contributed by atoms with Gasteiger partial charge >= 0.3 is 24.8 Å². The quantitative estimate of drug-likeness (QED) is 0.535. The number of aliphatic carboxylic acids is 1. The normalized spacial score (nSPS) is 9.77. The van der Waals surface area contributed by atoms with E-state index in [1.54, 1.807) is 0 Å². The molecule has 0 unspecified atom stereocenters. The van der Waals surface area contributed by atoms with Crippen molar-refractivity contribution in [2.45, 2.75) is 65.6 Å². The average molecular weight is 440 g/mol. The molecule has 0 amide bonds. The number of carboxylic acids is 1. The zero-order chi connectivity index (χ0) is 21.6. The van der Waals surface area contributed by atoms with E-state index in [0.29, 0.717) is 6.42 Å². The molecule has 31 heavy (non-hydrogen) atoms. The van der Waals surface area contributed by atoms with Crippen LogP contribution in [0.4, 0.5) is 0 Å². The number of aryl methyl sites for hydroxylation is 2. The Morgan fingerprint density at radius 2 is 1.23 bits per heavy atom. The fraction of sp³-hybridized carbons (Fsp3) is 0.458. The third kappa shape index (κ3) is 16.0. The molecule has 2 N–H and O–H groups in total. The molecular formula is C24H38AlLiO5. The maximum Gasteiger partial charge on any atom is 1.00 e.